The lowest BCUT2D eigenvalue weighted by Gasteiger charge is -2.25. The third kappa shape index (κ3) is 4.28. The Labute approximate surface area is 197 Å². The summed E-state index contributed by atoms with van der Waals surface area (Å²) in [7, 11) is 2.86. The second-order valence-electron chi connectivity index (χ2n) is 8.41. The van der Waals surface area contributed by atoms with Crippen molar-refractivity contribution in [3.63, 3.8) is 0 Å². The van der Waals surface area contributed by atoms with Crippen LogP contribution in [0.2, 0.25) is 0 Å². The van der Waals surface area contributed by atoms with Crippen molar-refractivity contribution in [3.8, 4) is 5.75 Å². The van der Waals surface area contributed by atoms with Crippen LogP contribution in [0.4, 0.5) is 0 Å². The number of ether oxygens (including phenoxy) is 3. The highest BCUT2D eigenvalue weighted by atomic mass is 16.5. The zero-order valence-corrected chi connectivity index (χ0v) is 19.4. The highest BCUT2D eigenvalue weighted by Crippen LogP contribution is 2.40. The number of carbonyl (C=O) groups is 3. The predicted octanol–water partition coefficient (Wildman–Crippen LogP) is 3.25. The van der Waals surface area contributed by atoms with E-state index < -0.39 is 23.7 Å². The minimum absolute atomic E-state index is 0.0140. The summed E-state index contributed by atoms with van der Waals surface area (Å²) in [6, 6.07) is 10.9. The fourth-order valence-electron chi connectivity index (χ4n) is 4.48. The number of ketones is 1. The second kappa shape index (κ2) is 9.69. The monoisotopic (exact) mass is 465 g/mol. The van der Waals surface area contributed by atoms with E-state index in [0.717, 1.165) is 11.3 Å². The Bertz CT molecular complexity index is 1150. The number of fused-ring (bicyclic) bond motifs is 1. The van der Waals surface area contributed by atoms with Crippen molar-refractivity contribution in [2.75, 3.05) is 27.4 Å². The van der Waals surface area contributed by atoms with E-state index in [1.807, 2.05) is 6.92 Å². The van der Waals surface area contributed by atoms with Gasteiger partial charge in [-0.1, -0.05) is 12.1 Å². The summed E-state index contributed by atoms with van der Waals surface area (Å²) in [5, 5.41) is 11.2. The molecule has 2 aromatic rings. The Morgan fingerprint density at radius 3 is 2.50 bits per heavy atom. The predicted molar refractivity (Wildman–Crippen MR) is 124 cm³/mol. The molecule has 0 saturated carbocycles. The lowest BCUT2D eigenvalue weighted by atomic mass is 9.94. The van der Waals surface area contributed by atoms with Crippen LogP contribution < -0.4 is 4.74 Å². The van der Waals surface area contributed by atoms with Crippen molar-refractivity contribution >= 4 is 23.4 Å². The minimum atomic E-state index is -0.799. The maximum absolute atomic E-state index is 13.1. The molecule has 0 radical (unpaired) electrons. The van der Waals surface area contributed by atoms with E-state index in [-0.39, 0.29) is 24.0 Å². The molecule has 0 bridgehead atoms. The van der Waals surface area contributed by atoms with Crippen molar-refractivity contribution < 1.29 is 33.7 Å². The normalized spacial score (nSPS) is 20.9. The number of esters is 1. The van der Waals surface area contributed by atoms with E-state index in [2.05, 4.69) is 0 Å². The van der Waals surface area contributed by atoms with Gasteiger partial charge in [0.2, 0.25) is 0 Å². The first-order valence-electron chi connectivity index (χ1n) is 11.1. The molecule has 1 amide bonds. The van der Waals surface area contributed by atoms with Gasteiger partial charge in [0, 0.05) is 32.2 Å². The van der Waals surface area contributed by atoms with Crippen LogP contribution in [0, 0.1) is 0 Å². The third-order valence-electron chi connectivity index (χ3n) is 6.10. The van der Waals surface area contributed by atoms with Gasteiger partial charge in [0.25, 0.3) is 11.7 Å². The molecule has 0 unspecified atom stereocenters. The van der Waals surface area contributed by atoms with Crippen LogP contribution in [0.3, 0.4) is 0 Å². The molecule has 0 aliphatic carbocycles. The first-order chi connectivity index (χ1) is 16.3. The Kier molecular flexibility index (Phi) is 6.70. The zero-order valence-electron chi connectivity index (χ0n) is 19.4. The molecule has 8 heteroatoms. The van der Waals surface area contributed by atoms with Gasteiger partial charge in [-0.3, -0.25) is 9.59 Å². The molecular formula is C26H27NO7. The van der Waals surface area contributed by atoms with Crippen LogP contribution in [-0.2, 0) is 25.5 Å². The summed E-state index contributed by atoms with van der Waals surface area (Å²) in [5.41, 5.74) is 2.34. The highest BCUT2D eigenvalue weighted by molar-refractivity contribution is 6.46. The fraction of sp³-hybridized carbons (Fsp3) is 0.346. The van der Waals surface area contributed by atoms with E-state index in [4.69, 9.17) is 14.2 Å². The summed E-state index contributed by atoms with van der Waals surface area (Å²) in [6.07, 6.45) is 1.25. The van der Waals surface area contributed by atoms with E-state index in [1.54, 1.807) is 49.6 Å². The van der Waals surface area contributed by atoms with Crippen LogP contribution >= 0.6 is 0 Å². The van der Waals surface area contributed by atoms with Gasteiger partial charge in [-0.05, 0) is 54.8 Å². The molecule has 4 rings (SSSR count). The van der Waals surface area contributed by atoms with Crippen LogP contribution in [-0.4, -0.2) is 61.1 Å². The number of hydrogen-bond acceptors (Lipinski definition) is 7. The average Bonchev–Trinajstić information content (AvgIpc) is 3.34. The van der Waals surface area contributed by atoms with Crippen molar-refractivity contribution in [2.24, 2.45) is 0 Å². The molecule has 2 atom stereocenters. The number of carbonyl (C=O) groups excluding carboxylic acids is 3. The maximum Gasteiger partial charge on any atom is 0.337 e. The van der Waals surface area contributed by atoms with Crippen LogP contribution in [0.5, 0.6) is 5.75 Å². The Morgan fingerprint density at radius 2 is 1.82 bits per heavy atom. The van der Waals surface area contributed by atoms with E-state index >= 15 is 0 Å². The lowest BCUT2D eigenvalue weighted by molar-refractivity contribution is -0.140. The molecule has 2 aliphatic rings. The number of likely N-dealkylation sites (tertiary alicyclic amines) is 1. The smallest absolute Gasteiger partial charge is 0.337 e. The van der Waals surface area contributed by atoms with Crippen LogP contribution in [0.15, 0.2) is 48.0 Å². The van der Waals surface area contributed by atoms with E-state index in [9.17, 15) is 19.5 Å². The summed E-state index contributed by atoms with van der Waals surface area (Å²) in [4.78, 5) is 39.4. The Hall–Kier alpha value is -3.65. The maximum atomic E-state index is 13.1. The molecule has 2 aliphatic heterocycles. The summed E-state index contributed by atoms with van der Waals surface area (Å²) in [6.45, 7) is 2.65. The number of aliphatic hydroxyl groups excluding tert-OH is 1. The zero-order chi connectivity index (χ0) is 24.4. The molecule has 2 heterocycles. The molecule has 1 saturated heterocycles. The second-order valence-corrected chi connectivity index (χ2v) is 8.41. The molecule has 8 nitrogen and oxygen atoms in total. The van der Waals surface area contributed by atoms with Gasteiger partial charge in [0.15, 0.2) is 0 Å². The molecule has 178 valence electrons. The number of rotatable bonds is 7. The van der Waals surface area contributed by atoms with Crippen LogP contribution in [0.1, 0.15) is 46.4 Å². The quantitative estimate of drug-likeness (QED) is 0.220. The van der Waals surface area contributed by atoms with Gasteiger partial charge in [-0.2, -0.15) is 0 Å². The number of amides is 1. The number of benzene rings is 2. The first-order valence-corrected chi connectivity index (χ1v) is 11.1. The molecular weight excluding hydrogens is 438 g/mol. The molecule has 1 fully saturated rings. The standard InChI is InChI=1S/C26H27NO7/c1-15-13-19-14-18(9-10-20(19)34-15)23(28)21-22(16-5-7-17(8-6-16)26(31)33-3)27(11-4-12-32-2)25(30)24(21)29/h5-10,14-15,22,28H,4,11-13H2,1-3H3/t15-,22+/m1/s1. The van der Waals surface area contributed by atoms with Gasteiger partial charge in [0.1, 0.15) is 17.6 Å². The number of aliphatic hydroxyl groups is 1. The third-order valence-corrected chi connectivity index (χ3v) is 6.10. The molecule has 1 N–H and O–H groups in total. The minimum Gasteiger partial charge on any atom is -0.507 e. The highest BCUT2D eigenvalue weighted by Gasteiger charge is 2.45. The molecule has 2 aromatic carbocycles. The summed E-state index contributed by atoms with van der Waals surface area (Å²) >= 11 is 0. The van der Waals surface area contributed by atoms with E-state index in [0.29, 0.717) is 36.1 Å². The van der Waals surface area contributed by atoms with Gasteiger partial charge in [-0.25, -0.2) is 4.79 Å². The van der Waals surface area contributed by atoms with Crippen molar-refractivity contribution in [1.82, 2.24) is 4.90 Å². The number of hydrogen-bond donors (Lipinski definition) is 1. The van der Waals surface area contributed by atoms with E-state index in [1.165, 1.54) is 12.0 Å². The Balaban J connectivity index is 1.78. The largest absolute Gasteiger partial charge is 0.507 e. The lowest BCUT2D eigenvalue weighted by Crippen LogP contribution is -2.31. The first kappa shape index (κ1) is 23.5. The van der Waals surface area contributed by atoms with Gasteiger partial charge >= 0.3 is 5.97 Å². The number of nitrogens with zero attached hydrogens (tertiary/aromatic N) is 1. The average molecular weight is 466 g/mol. The summed E-state index contributed by atoms with van der Waals surface area (Å²) < 4.78 is 15.6. The Morgan fingerprint density at radius 1 is 1.12 bits per heavy atom. The summed E-state index contributed by atoms with van der Waals surface area (Å²) in [5.74, 6) is -1.41. The van der Waals surface area contributed by atoms with Crippen molar-refractivity contribution in [1.29, 1.82) is 0 Å². The molecule has 0 spiro atoms. The topological polar surface area (TPSA) is 102 Å². The van der Waals surface area contributed by atoms with Gasteiger partial charge < -0.3 is 24.2 Å². The van der Waals surface area contributed by atoms with Crippen molar-refractivity contribution in [3.05, 3.63) is 70.3 Å². The van der Waals surface area contributed by atoms with Crippen LogP contribution in [0.25, 0.3) is 5.76 Å². The number of methoxy groups -OCH3 is 2. The molecule has 34 heavy (non-hydrogen) atoms. The van der Waals surface area contributed by atoms with Gasteiger partial charge in [0.05, 0.1) is 24.3 Å². The fourth-order valence-corrected chi connectivity index (χ4v) is 4.48. The number of Topliss-reactive ketones (excluding diaryl/α,β-unsaturated/α-hetero) is 1. The molecule has 0 aromatic heterocycles. The SMILES string of the molecule is COCCCN1C(=O)C(=O)C(=C(O)c2ccc3c(c2)C[C@@H](C)O3)[C@@H]1c1ccc(C(=O)OC)cc1. The van der Waals surface area contributed by atoms with Gasteiger partial charge in [-0.15, -0.1) is 0 Å². The van der Waals surface area contributed by atoms with Crippen molar-refractivity contribution in [2.45, 2.75) is 31.9 Å².